The molecule has 5 unspecified atom stereocenters. The summed E-state index contributed by atoms with van der Waals surface area (Å²) in [5.74, 6) is 2.48. The molecule has 3 aliphatic carbocycles. The minimum absolute atomic E-state index is 0.0340. The van der Waals surface area contributed by atoms with Gasteiger partial charge >= 0.3 is 0 Å². The van der Waals surface area contributed by atoms with E-state index in [0.29, 0.717) is 29.1 Å². The van der Waals surface area contributed by atoms with Gasteiger partial charge in [0.25, 0.3) is 0 Å². The molecule has 24 heavy (non-hydrogen) atoms. The van der Waals surface area contributed by atoms with Gasteiger partial charge in [0.1, 0.15) is 4.93 Å². The Labute approximate surface area is 153 Å². The van der Waals surface area contributed by atoms with Crippen LogP contribution in [0.3, 0.4) is 0 Å². The van der Waals surface area contributed by atoms with E-state index in [2.05, 4.69) is 34.6 Å². The Morgan fingerprint density at radius 3 is 2.38 bits per heavy atom. The van der Waals surface area contributed by atoms with Crippen LogP contribution in [0.4, 0.5) is 0 Å². The molecule has 0 aromatic rings. The zero-order valence-electron chi connectivity index (χ0n) is 16.1. The third kappa shape index (κ3) is 1.93. The average molecular weight is 353 g/mol. The zero-order valence-corrected chi connectivity index (χ0v) is 17.0. The first-order chi connectivity index (χ1) is 11.1. The van der Waals surface area contributed by atoms with E-state index >= 15 is 0 Å². The Morgan fingerprint density at radius 1 is 0.958 bits per heavy atom. The second kappa shape index (κ2) is 5.16. The molecule has 0 bridgehead atoms. The Hall–Kier alpha value is 0.270. The van der Waals surface area contributed by atoms with E-state index in [1.807, 2.05) is 0 Å². The van der Waals surface area contributed by atoms with Gasteiger partial charge in [-0.3, -0.25) is 0 Å². The molecule has 0 amide bonds. The molecule has 4 fully saturated rings. The smallest absolute Gasteiger partial charge is 0.119 e. The Kier molecular flexibility index (Phi) is 3.80. The third-order valence-corrected chi connectivity index (χ3v) is 10.5. The van der Waals surface area contributed by atoms with Crippen LogP contribution < -0.4 is 0 Å². The van der Waals surface area contributed by atoms with Crippen LogP contribution in [0.1, 0.15) is 73.1 Å². The first kappa shape index (κ1) is 17.7. The van der Waals surface area contributed by atoms with Gasteiger partial charge in [0.15, 0.2) is 0 Å². The molecule has 0 aromatic carbocycles. The van der Waals surface area contributed by atoms with Crippen molar-refractivity contribution < 1.29 is 9.84 Å². The van der Waals surface area contributed by atoms with E-state index in [-0.39, 0.29) is 21.9 Å². The first-order valence-corrected chi connectivity index (χ1v) is 10.6. The fourth-order valence-electron chi connectivity index (χ4n) is 7.59. The fourth-order valence-corrected chi connectivity index (χ4v) is 8.31. The standard InChI is InChI=1S/C21H36O2S/c1-13-12-23-21(24)15-6-7-16-18(2,3)17(22)9-10-19(16,4)14(15)8-11-20(13,21)5/h13-17,22,24H,6-12H2,1-5H3/t13?,14?,15-,16?,17?,19+,20?,21+/m0/s1. The summed E-state index contributed by atoms with van der Waals surface area (Å²) in [6.45, 7) is 12.8. The van der Waals surface area contributed by atoms with Crippen LogP contribution in [0.2, 0.25) is 0 Å². The normalized spacial score (nSPS) is 59.4. The highest BCUT2D eigenvalue weighted by molar-refractivity contribution is 7.81. The summed E-state index contributed by atoms with van der Waals surface area (Å²) in [5.41, 5.74) is 0.578. The summed E-state index contributed by atoms with van der Waals surface area (Å²) >= 11 is 5.26. The molecule has 1 saturated heterocycles. The molecule has 1 heterocycles. The molecule has 4 aliphatic rings. The highest BCUT2D eigenvalue weighted by Gasteiger charge is 2.68. The highest BCUT2D eigenvalue weighted by Crippen LogP contribution is 2.70. The summed E-state index contributed by atoms with van der Waals surface area (Å²) in [6, 6.07) is 0. The van der Waals surface area contributed by atoms with Gasteiger partial charge in [-0.15, -0.1) is 12.6 Å². The lowest BCUT2D eigenvalue weighted by Gasteiger charge is -2.66. The van der Waals surface area contributed by atoms with Crippen molar-refractivity contribution in [3.63, 3.8) is 0 Å². The van der Waals surface area contributed by atoms with Gasteiger partial charge in [-0.1, -0.05) is 34.6 Å². The maximum atomic E-state index is 10.6. The number of hydrogen-bond donors (Lipinski definition) is 2. The monoisotopic (exact) mass is 352 g/mol. The molecular formula is C21H36O2S. The van der Waals surface area contributed by atoms with E-state index < -0.39 is 0 Å². The van der Waals surface area contributed by atoms with E-state index in [1.54, 1.807) is 0 Å². The van der Waals surface area contributed by atoms with Crippen molar-refractivity contribution in [1.29, 1.82) is 0 Å². The average Bonchev–Trinajstić information content (AvgIpc) is 2.76. The minimum Gasteiger partial charge on any atom is -0.393 e. The molecule has 0 aromatic heterocycles. The fraction of sp³-hybridized carbons (Fsp3) is 1.00. The lowest BCUT2D eigenvalue weighted by Crippen LogP contribution is -2.63. The minimum atomic E-state index is -0.247. The lowest BCUT2D eigenvalue weighted by molar-refractivity contribution is -0.196. The maximum Gasteiger partial charge on any atom is 0.119 e. The van der Waals surface area contributed by atoms with Gasteiger partial charge in [-0.2, -0.15) is 0 Å². The SMILES string of the molecule is CC1CO[C@@]2(S)[C@H]3CCC4C(C)(C)C(O)CC[C@]4(C)C3CCC12C. The van der Waals surface area contributed by atoms with Gasteiger partial charge in [0, 0.05) is 11.3 Å². The van der Waals surface area contributed by atoms with E-state index in [1.165, 1.54) is 32.1 Å². The number of ether oxygens (including phenoxy) is 1. The molecule has 3 saturated carbocycles. The summed E-state index contributed by atoms with van der Waals surface area (Å²) in [4.78, 5) is -0.247. The Morgan fingerprint density at radius 2 is 1.67 bits per heavy atom. The van der Waals surface area contributed by atoms with Crippen molar-refractivity contribution in [1.82, 2.24) is 0 Å². The van der Waals surface area contributed by atoms with Crippen LogP contribution >= 0.6 is 12.6 Å². The van der Waals surface area contributed by atoms with Crippen LogP contribution in [0.25, 0.3) is 0 Å². The molecule has 1 aliphatic heterocycles. The second-order valence-corrected chi connectivity index (χ2v) is 11.3. The third-order valence-electron chi connectivity index (χ3n) is 9.55. The van der Waals surface area contributed by atoms with Crippen molar-refractivity contribution in [3.05, 3.63) is 0 Å². The largest absolute Gasteiger partial charge is 0.393 e. The molecule has 0 spiro atoms. The van der Waals surface area contributed by atoms with Crippen molar-refractivity contribution in [2.75, 3.05) is 6.61 Å². The first-order valence-electron chi connectivity index (χ1n) is 10.1. The Bertz CT molecular complexity index is 534. The van der Waals surface area contributed by atoms with Gasteiger partial charge in [-0.25, -0.2) is 0 Å². The number of rotatable bonds is 0. The predicted molar refractivity (Wildman–Crippen MR) is 101 cm³/mol. The van der Waals surface area contributed by atoms with Crippen LogP contribution in [0, 0.1) is 39.9 Å². The van der Waals surface area contributed by atoms with Crippen molar-refractivity contribution >= 4 is 12.6 Å². The van der Waals surface area contributed by atoms with Gasteiger partial charge < -0.3 is 9.84 Å². The van der Waals surface area contributed by atoms with E-state index in [4.69, 9.17) is 17.4 Å². The molecule has 1 N–H and O–H groups in total. The van der Waals surface area contributed by atoms with Gasteiger partial charge in [-0.05, 0) is 67.1 Å². The number of aliphatic hydroxyl groups is 1. The zero-order chi connectivity index (χ0) is 17.5. The molecule has 4 rings (SSSR count). The molecular weight excluding hydrogens is 316 g/mol. The topological polar surface area (TPSA) is 29.5 Å². The summed E-state index contributed by atoms with van der Waals surface area (Å²) in [6.07, 6.45) is 6.97. The summed E-state index contributed by atoms with van der Waals surface area (Å²) < 4.78 is 6.44. The summed E-state index contributed by atoms with van der Waals surface area (Å²) in [5, 5.41) is 10.6. The van der Waals surface area contributed by atoms with Gasteiger partial charge in [0.05, 0.1) is 12.7 Å². The molecule has 0 radical (unpaired) electrons. The quantitative estimate of drug-likeness (QED) is 0.607. The number of thiol groups is 1. The molecule has 2 nitrogen and oxygen atoms in total. The highest BCUT2D eigenvalue weighted by atomic mass is 32.1. The number of fused-ring (bicyclic) bond motifs is 5. The van der Waals surface area contributed by atoms with Crippen LogP contribution in [0.15, 0.2) is 0 Å². The van der Waals surface area contributed by atoms with Crippen LogP contribution in [-0.4, -0.2) is 22.8 Å². The molecule has 8 atom stereocenters. The van der Waals surface area contributed by atoms with Gasteiger partial charge in [0.2, 0.25) is 0 Å². The lowest BCUT2D eigenvalue weighted by atomic mass is 9.42. The van der Waals surface area contributed by atoms with Crippen molar-refractivity contribution in [2.45, 2.75) is 84.2 Å². The maximum absolute atomic E-state index is 10.6. The number of aliphatic hydroxyl groups excluding tert-OH is 1. The van der Waals surface area contributed by atoms with Crippen molar-refractivity contribution in [3.8, 4) is 0 Å². The van der Waals surface area contributed by atoms with Crippen molar-refractivity contribution in [2.24, 2.45) is 39.9 Å². The number of hydrogen-bond acceptors (Lipinski definition) is 3. The van der Waals surface area contributed by atoms with E-state index in [0.717, 1.165) is 13.0 Å². The van der Waals surface area contributed by atoms with E-state index in [9.17, 15) is 5.11 Å². The second-order valence-electron chi connectivity index (χ2n) is 10.6. The summed E-state index contributed by atoms with van der Waals surface area (Å²) in [7, 11) is 0. The predicted octanol–water partition coefficient (Wildman–Crippen LogP) is 4.91. The Balaban J connectivity index is 1.72. The molecule has 138 valence electrons. The molecule has 3 heteroatoms. The van der Waals surface area contributed by atoms with Crippen LogP contribution in [0.5, 0.6) is 0 Å². The van der Waals surface area contributed by atoms with Crippen LogP contribution in [-0.2, 0) is 4.74 Å².